The zero-order chi connectivity index (χ0) is 14.9. The molecule has 1 saturated carbocycles. The highest BCUT2D eigenvalue weighted by atomic mass is 35.5. The van der Waals surface area contributed by atoms with Gasteiger partial charge in [-0.15, -0.1) is 0 Å². The van der Waals surface area contributed by atoms with Gasteiger partial charge in [0.05, 0.1) is 11.6 Å². The van der Waals surface area contributed by atoms with Crippen molar-refractivity contribution < 1.29 is 12.8 Å². The zero-order valence-electron chi connectivity index (χ0n) is 11.0. The van der Waals surface area contributed by atoms with Gasteiger partial charge in [0.25, 0.3) is 10.0 Å². The SMILES string of the molecule is O=S(=O)(Nc1ncccc1Cl)c1ccc(CNC2CC2)o1. The molecule has 1 aliphatic rings. The lowest BCUT2D eigenvalue weighted by atomic mass is 10.4. The molecule has 6 nitrogen and oxygen atoms in total. The van der Waals surface area contributed by atoms with Crippen LogP contribution in [0, 0.1) is 0 Å². The van der Waals surface area contributed by atoms with Crippen molar-refractivity contribution >= 4 is 27.4 Å². The highest BCUT2D eigenvalue weighted by molar-refractivity contribution is 7.92. The molecule has 0 radical (unpaired) electrons. The highest BCUT2D eigenvalue weighted by Gasteiger charge is 2.23. The van der Waals surface area contributed by atoms with Crippen molar-refractivity contribution in [3.8, 4) is 0 Å². The lowest BCUT2D eigenvalue weighted by molar-refractivity contribution is 0.403. The molecular formula is C13H14ClN3O3S. The van der Waals surface area contributed by atoms with E-state index in [0.717, 1.165) is 12.8 Å². The summed E-state index contributed by atoms with van der Waals surface area (Å²) in [4.78, 5) is 3.89. The van der Waals surface area contributed by atoms with Gasteiger partial charge < -0.3 is 9.73 Å². The Kier molecular flexibility index (Phi) is 3.88. The molecular weight excluding hydrogens is 314 g/mol. The van der Waals surface area contributed by atoms with Crippen molar-refractivity contribution in [1.29, 1.82) is 0 Å². The maximum atomic E-state index is 12.2. The van der Waals surface area contributed by atoms with Gasteiger partial charge in [0.15, 0.2) is 5.82 Å². The van der Waals surface area contributed by atoms with Crippen LogP contribution in [0.1, 0.15) is 18.6 Å². The Labute approximate surface area is 127 Å². The number of sulfonamides is 1. The van der Waals surface area contributed by atoms with Crippen molar-refractivity contribution in [3.63, 3.8) is 0 Å². The molecule has 112 valence electrons. The van der Waals surface area contributed by atoms with Crippen LogP contribution >= 0.6 is 11.6 Å². The summed E-state index contributed by atoms with van der Waals surface area (Å²) in [6, 6.07) is 6.77. The lowest BCUT2D eigenvalue weighted by Gasteiger charge is -2.06. The third kappa shape index (κ3) is 3.55. The fraction of sp³-hybridized carbons (Fsp3) is 0.308. The molecule has 1 fully saturated rings. The molecule has 0 unspecified atom stereocenters. The molecule has 0 amide bonds. The molecule has 2 heterocycles. The predicted molar refractivity (Wildman–Crippen MR) is 78.6 cm³/mol. The molecule has 0 bridgehead atoms. The number of furan rings is 1. The number of hydrogen-bond donors (Lipinski definition) is 2. The fourth-order valence-electron chi connectivity index (χ4n) is 1.77. The van der Waals surface area contributed by atoms with Gasteiger partial charge in [0, 0.05) is 12.2 Å². The summed E-state index contributed by atoms with van der Waals surface area (Å²) in [5, 5.41) is 3.32. The van der Waals surface area contributed by atoms with E-state index < -0.39 is 10.0 Å². The lowest BCUT2D eigenvalue weighted by Crippen LogP contribution is -2.15. The van der Waals surface area contributed by atoms with Crippen LogP contribution < -0.4 is 10.0 Å². The Morgan fingerprint density at radius 2 is 2.14 bits per heavy atom. The fourth-order valence-corrected chi connectivity index (χ4v) is 2.97. The molecule has 21 heavy (non-hydrogen) atoms. The van der Waals surface area contributed by atoms with E-state index in [1.165, 1.54) is 12.3 Å². The van der Waals surface area contributed by atoms with E-state index in [1.54, 1.807) is 18.2 Å². The molecule has 2 aromatic rings. The number of halogens is 1. The molecule has 3 rings (SSSR count). The van der Waals surface area contributed by atoms with Crippen LogP contribution in [0.25, 0.3) is 0 Å². The average Bonchev–Trinajstić information content (AvgIpc) is 3.15. The maximum absolute atomic E-state index is 12.2. The van der Waals surface area contributed by atoms with Crippen LogP contribution in [0.4, 0.5) is 5.82 Å². The molecule has 0 aromatic carbocycles. The van der Waals surface area contributed by atoms with Crippen molar-refractivity contribution in [1.82, 2.24) is 10.3 Å². The molecule has 1 aliphatic carbocycles. The number of nitrogens with zero attached hydrogens (tertiary/aromatic N) is 1. The average molecular weight is 328 g/mol. The normalized spacial score (nSPS) is 15.1. The number of rotatable bonds is 6. The van der Waals surface area contributed by atoms with Gasteiger partial charge in [0.1, 0.15) is 5.76 Å². The number of hydrogen-bond acceptors (Lipinski definition) is 5. The monoisotopic (exact) mass is 327 g/mol. The van der Waals surface area contributed by atoms with Gasteiger partial charge in [0.2, 0.25) is 5.09 Å². The maximum Gasteiger partial charge on any atom is 0.296 e. The van der Waals surface area contributed by atoms with Crippen LogP contribution in [-0.2, 0) is 16.6 Å². The van der Waals surface area contributed by atoms with Gasteiger partial charge in [-0.1, -0.05) is 11.6 Å². The van der Waals surface area contributed by atoms with Crippen molar-refractivity contribution in [3.05, 3.63) is 41.2 Å². The van der Waals surface area contributed by atoms with Gasteiger partial charge in [-0.3, -0.25) is 4.72 Å². The van der Waals surface area contributed by atoms with E-state index in [4.69, 9.17) is 16.0 Å². The summed E-state index contributed by atoms with van der Waals surface area (Å²) in [6.45, 7) is 0.518. The second-order valence-corrected chi connectivity index (χ2v) is 6.84. The quantitative estimate of drug-likeness (QED) is 0.851. The Bertz CT molecular complexity index is 741. The zero-order valence-corrected chi connectivity index (χ0v) is 12.6. The van der Waals surface area contributed by atoms with E-state index >= 15 is 0 Å². The van der Waals surface area contributed by atoms with E-state index in [1.807, 2.05) is 0 Å². The Hall–Kier alpha value is -1.57. The highest BCUT2D eigenvalue weighted by Crippen LogP contribution is 2.23. The van der Waals surface area contributed by atoms with Crippen molar-refractivity contribution in [2.24, 2.45) is 0 Å². The molecule has 0 atom stereocenters. The van der Waals surface area contributed by atoms with Crippen LogP contribution in [0.3, 0.4) is 0 Å². The summed E-state index contributed by atoms with van der Waals surface area (Å²) in [5.41, 5.74) is 0. The molecule has 0 saturated heterocycles. The first kappa shape index (κ1) is 14.4. The summed E-state index contributed by atoms with van der Waals surface area (Å²) in [5.74, 6) is 0.655. The third-order valence-corrected chi connectivity index (χ3v) is 4.55. The van der Waals surface area contributed by atoms with Crippen molar-refractivity contribution in [2.45, 2.75) is 30.5 Å². The second-order valence-electron chi connectivity index (χ2n) is 4.82. The molecule has 0 aliphatic heterocycles. The smallest absolute Gasteiger partial charge is 0.296 e. The van der Waals surface area contributed by atoms with Crippen LogP contribution in [-0.4, -0.2) is 19.4 Å². The van der Waals surface area contributed by atoms with E-state index in [0.29, 0.717) is 18.3 Å². The minimum Gasteiger partial charge on any atom is -0.446 e. The summed E-state index contributed by atoms with van der Waals surface area (Å²) in [7, 11) is -3.83. The number of nitrogens with one attached hydrogen (secondary N) is 2. The predicted octanol–water partition coefficient (Wildman–Crippen LogP) is 2.38. The second kappa shape index (κ2) is 5.67. The summed E-state index contributed by atoms with van der Waals surface area (Å²) >= 11 is 5.88. The van der Waals surface area contributed by atoms with E-state index in [2.05, 4.69) is 15.0 Å². The van der Waals surface area contributed by atoms with Crippen molar-refractivity contribution in [2.75, 3.05) is 4.72 Å². The summed E-state index contributed by atoms with van der Waals surface area (Å²) < 4.78 is 32.1. The number of anilines is 1. The Morgan fingerprint density at radius 3 is 2.86 bits per heavy atom. The molecule has 8 heteroatoms. The molecule has 0 spiro atoms. The van der Waals surface area contributed by atoms with Gasteiger partial charge in [-0.05, 0) is 37.1 Å². The first-order chi connectivity index (χ1) is 10.0. The first-order valence-corrected chi connectivity index (χ1v) is 8.36. The van der Waals surface area contributed by atoms with E-state index in [9.17, 15) is 8.42 Å². The van der Waals surface area contributed by atoms with Crippen LogP contribution in [0.2, 0.25) is 5.02 Å². The van der Waals surface area contributed by atoms with E-state index in [-0.39, 0.29) is 15.9 Å². The minimum atomic E-state index is -3.83. The third-order valence-electron chi connectivity index (χ3n) is 3.03. The van der Waals surface area contributed by atoms with Gasteiger partial charge in [-0.2, -0.15) is 8.42 Å². The molecule has 2 aromatic heterocycles. The topological polar surface area (TPSA) is 84.2 Å². The standard InChI is InChI=1S/C13H14ClN3O3S/c14-11-2-1-7-15-13(11)17-21(18,19)12-6-5-10(20-12)8-16-9-3-4-9/h1-2,5-7,9,16H,3-4,8H2,(H,15,17). The Morgan fingerprint density at radius 1 is 1.33 bits per heavy atom. The molecule has 2 N–H and O–H groups in total. The van der Waals surface area contributed by atoms with Crippen LogP contribution in [0.15, 0.2) is 40.0 Å². The van der Waals surface area contributed by atoms with Crippen LogP contribution in [0.5, 0.6) is 0 Å². The number of aromatic nitrogens is 1. The minimum absolute atomic E-state index is 0.0771. The van der Waals surface area contributed by atoms with Gasteiger partial charge in [-0.25, -0.2) is 4.98 Å². The first-order valence-electron chi connectivity index (χ1n) is 6.50. The van der Waals surface area contributed by atoms with Gasteiger partial charge >= 0.3 is 0 Å². The summed E-state index contributed by atoms with van der Waals surface area (Å²) in [6.07, 6.45) is 3.77. The largest absolute Gasteiger partial charge is 0.446 e. The number of pyridine rings is 1. The Balaban J connectivity index is 1.73.